The monoisotopic (exact) mass is 517 g/mol. The van der Waals surface area contributed by atoms with E-state index >= 15 is 0 Å². The lowest BCUT2D eigenvalue weighted by Gasteiger charge is -2.24. The van der Waals surface area contributed by atoms with Crippen molar-refractivity contribution in [1.82, 2.24) is 19.9 Å². The molecule has 0 aliphatic carbocycles. The fourth-order valence-corrected chi connectivity index (χ4v) is 4.87. The van der Waals surface area contributed by atoms with E-state index in [1.807, 2.05) is 18.7 Å². The molecule has 1 aliphatic rings. The molecule has 0 unspecified atom stereocenters. The maximum Gasteiger partial charge on any atom is 0.281 e. The van der Waals surface area contributed by atoms with Crippen LogP contribution in [0, 0.1) is 11.7 Å². The van der Waals surface area contributed by atoms with Crippen molar-refractivity contribution in [3.05, 3.63) is 54.0 Å². The van der Waals surface area contributed by atoms with Crippen LogP contribution in [0.1, 0.15) is 51.3 Å². The Morgan fingerprint density at radius 3 is 2.58 bits per heavy atom. The van der Waals surface area contributed by atoms with Crippen LogP contribution in [-0.2, 0) is 10.0 Å². The number of carbonyl (C=O) groups excluding carboxylic acids is 1. The van der Waals surface area contributed by atoms with Crippen LogP contribution in [0.4, 0.5) is 10.2 Å². The van der Waals surface area contributed by atoms with E-state index in [4.69, 9.17) is 9.72 Å². The van der Waals surface area contributed by atoms with Gasteiger partial charge in [-0.3, -0.25) is 9.89 Å². The van der Waals surface area contributed by atoms with Gasteiger partial charge in [-0.1, -0.05) is 26.7 Å². The lowest BCUT2D eigenvalue weighted by molar-refractivity contribution is 0.0981. The zero-order valence-electron chi connectivity index (χ0n) is 20.3. The van der Waals surface area contributed by atoms with Crippen LogP contribution in [0.3, 0.4) is 0 Å². The number of amides is 1. The van der Waals surface area contributed by atoms with E-state index in [0.717, 1.165) is 25.7 Å². The number of H-pyrrole nitrogens is 1. The summed E-state index contributed by atoms with van der Waals surface area (Å²) in [5.41, 5.74) is 1.08. The first-order valence-corrected chi connectivity index (χ1v) is 13.5. The van der Waals surface area contributed by atoms with Gasteiger partial charge in [0, 0.05) is 26.1 Å². The Kier molecular flexibility index (Phi) is 7.88. The highest BCUT2D eigenvalue weighted by Gasteiger charge is 2.25. The van der Waals surface area contributed by atoms with Crippen molar-refractivity contribution < 1.29 is 23.8 Å². The lowest BCUT2D eigenvalue weighted by Crippen LogP contribution is -2.34. The highest BCUT2D eigenvalue weighted by Crippen LogP contribution is 2.30. The highest BCUT2D eigenvalue weighted by atomic mass is 32.2. The molecular weight excluding hydrogens is 485 g/mol. The van der Waals surface area contributed by atoms with Gasteiger partial charge in [0.05, 0.1) is 24.1 Å². The Hall–Kier alpha value is -3.47. The summed E-state index contributed by atoms with van der Waals surface area (Å²) >= 11 is 0. The molecule has 0 saturated carbocycles. The third-order valence-corrected chi connectivity index (χ3v) is 7.03. The predicted molar refractivity (Wildman–Crippen MR) is 136 cm³/mol. The van der Waals surface area contributed by atoms with Crippen molar-refractivity contribution in [3.63, 3.8) is 0 Å². The SMILES string of the molecule is CC(C)COc1cc(F)cc(-c2ccc(C(=O)NS(=O)(=O)c3ccn[nH]3)c(N3CCCCCC3)n2)c1.[HH]. The Labute approximate surface area is 211 Å². The van der Waals surface area contributed by atoms with Gasteiger partial charge in [0.1, 0.15) is 17.4 Å². The molecule has 0 bridgehead atoms. The quantitative estimate of drug-likeness (QED) is 0.455. The molecule has 1 aliphatic heterocycles. The average Bonchev–Trinajstić information content (AvgIpc) is 3.26. The first kappa shape index (κ1) is 25.6. The second kappa shape index (κ2) is 11.1. The number of pyridine rings is 1. The summed E-state index contributed by atoms with van der Waals surface area (Å²) in [6, 6.07) is 8.76. The van der Waals surface area contributed by atoms with E-state index in [1.54, 1.807) is 12.1 Å². The van der Waals surface area contributed by atoms with Crippen LogP contribution >= 0.6 is 0 Å². The second-order valence-electron chi connectivity index (χ2n) is 9.20. The number of hydrogen-bond donors (Lipinski definition) is 2. The molecule has 4 rings (SSSR count). The van der Waals surface area contributed by atoms with E-state index in [9.17, 15) is 17.6 Å². The van der Waals surface area contributed by atoms with Crippen LogP contribution in [0.5, 0.6) is 5.75 Å². The molecule has 3 aromatic rings. The maximum atomic E-state index is 14.4. The van der Waals surface area contributed by atoms with E-state index in [0.29, 0.717) is 42.5 Å². The highest BCUT2D eigenvalue weighted by molar-refractivity contribution is 7.90. The molecule has 1 fully saturated rings. The number of nitrogens with one attached hydrogen (secondary N) is 2. The molecule has 1 aromatic carbocycles. The first-order chi connectivity index (χ1) is 17.2. The molecular formula is C25H32FN5O4S. The van der Waals surface area contributed by atoms with E-state index in [1.165, 1.54) is 30.5 Å². The average molecular weight is 518 g/mol. The van der Waals surface area contributed by atoms with Crippen LogP contribution in [0.15, 0.2) is 47.6 Å². The molecule has 2 N–H and O–H groups in total. The van der Waals surface area contributed by atoms with Gasteiger partial charge < -0.3 is 9.64 Å². The molecule has 2 aromatic heterocycles. The normalized spacial score (nSPS) is 14.5. The third-order valence-electron chi connectivity index (χ3n) is 5.77. The standard InChI is InChI=1S/C25H30FN5O4S.H2/c1-17(2)16-35-20-14-18(13-19(26)15-20)22-8-7-21(24(28-22)31-11-5-3-4-6-12-31)25(32)30-36(33,34)23-9-10-27-29-23;/h7-10,13-15,17H,3-6,11-12,16H2,1-2H3,(H,27,29)(H,30,32);1H. The summed E-state index contributed by atoms with van der Waals surface area (Å²) in [5.74, 6) is -0.231. The number of rotatable bonds is 8. The Morgan fingerprint density at radius 1 is 1.17 bits per heavy atom. The van der Waals surface area contributed by atoms with E-state index < -0.39 is 21.7 Å². The fraction of sp³-hybridized carbons (Fsp3) is 0.400. The molecule has 0 spiro atoms. The summed E-state index contributed by atoms with van der Waals surface area (Å²) in [4.78, 5) is 19.9. The number of ether oxygens (including phenoxy) is 1. The largest absolute Gasteiger partial charge is 0.493 e. The molecule has 11 heteroatoms. The minimum Gasteiger partial charge on any atom is -0.493 e. The number of aromatic amines is 1. The topological polar surface area (TPSA) is 117 Å². The van der Waals surface area contributed by atoms with Gasteiger partial charge >= 0.3 is 0 Å². The van der Waals surface area contributed by atoms with Gasteiger partial charge in [-0.2, -0.15) is 13.5 Å². The van der Waals surface area contributed by atoms with E-state index in [2.05, 4.69) is 14.9 Å². The number of hydrogen-bond acceptors (Lipinski definition) is 7. The van der Waals surface area contributed by atoms with Gasteiger partial charge in [0.15, 0.2) is 5.03 Å². The number of carbonyl (C=O) groups is 1. The van der Waals surface area contributed by atoms with Crippen molar-refractivity contribution in [2.75, 3.05) is 24.6 Å². The molecule has 0 atom stereocenters. The first-order valence-electron chi connectivity index (χ1n) is 12.0. The van der Waals surface area contributed by atoms with Crippen molar-refractivity contribution >= 4 is 21.7 Å². The van der Waals surface area contributed by atoms with Crippen LogP contribution in [0.2, 0.25) is 0 Å². The summed E-state index contributed by atoms with van der Waals surface area (Å²) < 4.78 is 47.4. The van der Waals surface area contributed by atoms with Crippen LogP contribution in [-0.4, -0.2) is 49.2 Å². The molecule has 1 amide bonds. The smallest absolute Gasteiger partial charge is 0.281 e. The summed E-state index contributed by atoms with van der Waals surface area (Å²) in [6.07, 6.45) is 5.26. The second-order valence-corrected chi connectivity index (χ2v) is 10.9. The zero-order valence-corrected chi connectivity index (χ0v) is 21.1. The molecule has 3 heterocycles. The Morgan fingerprint density at radius 2 is 1.92 bits per heavy atom. The van der Waals surface area contributed by atoms with Crippen molar-refractivity contribution in [3.8, 4) is 17.0 Å². The minimum atomic E-state index is -4.14. The predicted octanol–water partition coefficient (Wildman–Crippen LogP) is 4.39. The van der Waals surface area contributed by atoms with E-state index in [-0.39, 0.29) is 17.9 Å². The number of sulfonamides is 1. The number of halogens is 1. The number of nitrogens with zero attached hydrogens (tertiary/aromatic N) is 3. The molecule has 36 heavy (non-hydrogen) atoms. The molecule has 0 radical (unpaired) electrons. The van der Waals surface area contributed by atoms with Crippen LogP contribution < -0.4 is 14.4 Å². The molecule has 194 valence electrons. The summed E-state index contributed by atoms with van der Waals surface area (Å²) in [5, 5.41) is 5.77. The number of anilines is 1. The maximum absolute atomic E-state index is 14.4. The third kappa shape index (κ3) is 6.20. The van der Waals surface area contributed by atoms with Crippen molar-refractivity contribution in [2.24, 2.45) is 5.92 Å². The van der Waals surface area contributed by atoms with Crippen LogP contribution in [0.25, 0.3) is 11.3 Å². The minimum absolute atomic E-state index is 0. The zero-order chi connectivity index (χ0) is 25.7. The lowest BCUT2D eigenvalue weighted by atomic mass is 10.1. The van der Waals surface area contributed by atoms with Crippen molar-refractivity contribution in [2.45, 2.75) is 44.6 Å². The molecule has 1 saturated heterocycles. The summed E-state index contributed by atoms with van der Waals surface area (Å²) in [7, 11) is -4.14. The van der Waals surface area contributed by atoms with Gasteiger partial charge in [-0.25, -0.2) is 14.1 Å². The van der Waals surface area contributed by atoms with Gasteiger partial charge in [-0.15, -0.1) is 0 Å². The number of aromatic nitrogens is 3. The Bertz CT molecular complexity index is 1310. The van der Waals surface area contributed by atoms with Gasteiger partial charge in [0.25, 0.3) is 15.9 Å². The summed E-state index contributed by atoms with van der Waals surface area (Å²) in [6.45, 7) is 5.81. The fourth-order valence-electron chi connectivity index (χ4n) is 3.99. The number of benzene rings is 1. The van der Waals surface area contributed by atoms with Gasteiger partial charge in [-0.05, 0) is 49.1 Å². The Balaban J connectivity index is 0.00000380. The van der Waals surface area contributed by atoms with Crippen molar-refractivity contribution in [1.29, 1.82) is 0 Å². The molecule has 9 nitrogen and oxygen atoms in total. The van der Waals surface area contributed by atoms with Gasteiger partial charge in [0.2, 0.25) is 0 Å².